The van der Waals surface area contributed by atoms with Crippen molar-refractivity contribution < 1.29 is 34.1 Å². The Hall–Kier alpha value is -6.88. The number of carboxylic acid groups (broad SMARTS) is 2. The number of hydrogen-bond acceptors (Lipinski definition) is 12. The lowest BCUT2D eigenvalue weighted by Gasteiger charge is -2.29. The number of halogens is 1. The molecule has 18 heteroatoms. The number of amides is 2. The van der Waals surface area contributed by atoms with Crippen LogP contribution in [-0.4, -0.2) is 89.7 Å². The summed E-state index contributed by atoms with van der Waals surface area (Å²) in [6.07, 6.45) is 6.09. The summed E-state index contributed by atoms with van der Waals surface area (Å²) in [5.41, 5.74) is 13.9. The van der Waals surface area contributed by atoms with Crippen molar-refractivity contribution in [3.05, 3.63) is 122 Å². The third-order valence-corrected chi connectivity index (χ3v) is 9.97. The van der Waals surface area contributed by atoms with Crippen molar-refractivity contribution in [3.63, 3.8) is 0 Å². The maximum Gasteiger partial charge on any atom is 0.409 e. The van der Waals surface area contributed by atoms with Crippen LogP contribution in [0.15, 0.2) is 77.4 Å². The Labute approximate surface area is 342 Å². The number of benzene rings is 2. The number of hydrogen-bond donors (Lipinski definition) is 6. The van der Waals surface area contributed by atoms with Gasteiger partial charge in [-0.2, -0.15) is 4.98 Å². The number of nitrogens with one attached hydrogen (secondary N) is 3. The number of ether oxygens (including phenoxy) is 1. The number of piperidine rings is 1. The van der Waals surface area contributed by atoms with Gasteiger partial charge in [0.1, 0.15) is 6.04 Å². The number of nitrogen functional groups attached to an aromatic ring is 1. The number of aliphatic carboxylic acids is 2. The summed E-state index contributed by atoms with van der Waals surface area (Å²) < 4.78 is 5.15. The number of nitrogens with zero attached hydrogens (tertiary/aromatic N) is 5. The molecule has 3 aromatic heterocycles. The zero-order chi connectivity index (χ0) is 42.1. The van der Waals surface area contributed by atoms with E-state index in [0.717, 1.165) is 36.4 Å². The Morgan fingerprint density at radius 3 is 2.44 bits per heavy atom. The zero-order valence-electron chi connectivity index (χ0n) is 32.0. The molecule has 0 saturated carbocycles. The van der Waals surface area contributed by atoms with E-state index in [1.54, 1.807) is 17.0 Å². The van der Waals surface area contributed by atoms with Crippen LogP contribution in [0.2, 0.25) is 5.02 Å². The number of nitrogens with two attached hydrogens (primary N) is 1. The predicted octanol–water partition coefficient (Wildman–Crippen LogP) is 4.84. The Balaban J connectivity index is 0.000000201. The average molecular weight is 824 g/mol. The summed E-state index contributed by atoms with van der Waals surface area (Å²) in [6.45, 7) is 3.85. The molecule has 0 radical (unpaired) electrons. The summed E-state index contributed by atoms with van der Waals surface area (Å²) >= 11 is 6.27. The van der Waals surface area contributed by atoms with Crippen molar-refractivity contribution in [2.24, 2.45) is 0 Å². The van der Waals surface area contributed by atoms with E-state index in [0.29, 0.717) is 31.1 Å². The summed E-state index contributed by atoms with van der Waals surface area (Å²) in [5, 5.41) is 24.0. The van der Waals surface area contributed by atoms with Crippen molar-refractivity contribution >= 4 is 63.9 Å². The van der Waals surface area contributed by atoms with Gasteiger partial charge in [0, 0.05) is 47.6 Å². The molecule has 1 atom stereocenters. The smallest absolute Gasteiger partial charge is 0.409 e. The van der Waals surface area contributed by atoms with Gasteiger partial charge < -0.3 is 36.2 Å². The van der Waals surface area contributed by atoms with Crippen LogP contribution in [0, 0.1) is 0 Å². The Morgan fingerprint density at radius 1 is 0.983 bits per heavy atom. The van der Waals surface area contributed by atoms with E-state index in [1.807, 2.05) is 25.3 Å². The van der Waals surface area contributed by atoms with Gasteiger partial charge in [-0.15, -0.1) is 0 Å². The first-order chi connectivity index (χ1) is 28.4. The molecule has 17 nitrogen and oxygen atoms in total. The SMILES string of the molecule is CCOC(=O)N1CCC(=C2c3ccc(Cl)cc3CCc3cccnc32)CC1.Nc1nc2ncc(CNc3ccc(C(=O)N[C@@H](CCC(=O)O)C(=O)O)cc3)nc2c(=O)[nH]1. The lowest BCUT2D eigenvalue weighted by atomic mass is 9.88. The lowest BCUT2D eigenvalue weighted by molar-refractivity contribution is -0.140. The molecular weight excluding hydrogens is 782 g/mol. The quantitative estimate of drug-likeness (QED) is 0.110. The van der Waals surface area contributed by atoms with Crippen LogP contribution >= 0.6 is 11.6 Å². The highest BCUT2D eigenvalue weighted by Gasteiger charge is 2.27. The molecule has 1 fully saturated rings. The van der Waals surface area contributed by atoms with E-state index < -0.39 is 29.4 Å². The molecule has 2 amide bonds. The van der Waals surface area contributed by atoms with E-state index in [1.165, 1.54) is 46.2 Å². The molecule has 59 heavy (non-hydrogen) atoms. The monoisotopic (exact) mass is 823 g/mol. The fourth-order valence-electron chi connectivity index (χ4n) is 6.81. The van der Waals surface area contributed by atoms with Crippen LogP contribution in [0.4, 0.5) is 16.4 Å². The van der Waals surface area contributed by atoms with E-state index in [2.05, 4.69) is 48.8 Å². The van der Waals surface area contributed by atoms with Crippen LogP contribution < -0.4 is 21.9 Å². The maximum absolute atomic E-state index is 12.3. The molecule has 1 saturated heterocycles. The molecule has 7 N–H and O–H groups in total. The number of fused-ring (bicyclic) bond motifs is 3. The minimum atomic E-state index is -1.31. The normalized spacial score (nSPS) is 13.8. The number of carboxylic acids is 2. The topological polar surface area (TPSA) is 256 Å². The van der Waals surface area contributed by atoms with Gasteiger partial charge in [0.2, 0.25) is 5.95 Å². The van der Waals surface area contributed by atoms with E-state index in [-0.39, 0.29) is 48.2 Å². The number of pyridine rings is 1. The van der Waals surface area contributed by atoms with Crippen molar-refractivity contribution in [1.29, 1.82) is 0 Å². The molecule has 0 bridgehead atoms. The van der Waals surface area contributed by atoms with Gasteiger partial charge in [0.25, 0.3) is 11.5 Å². The first-order valence-electron chi connectivity index (χ1n) is 18.9. The third-order valence-electron chi connectivity index (χ3n) is 9.73. The second-order valence-corrected chi connectivity index (χ2v) is 14.1. The van der Waals surface area contributed by atoms with Crippen molar-refractivity contribution in [2.75, 3.05) is 30.7 Å². The highest BCUT2D eigenvalue weighted by Crippen LogP contribution is 2.38. The lowest BCUT2D eigenvalue weighted by Crippen LogP contribution is -2.41. The molecule has 4 heterocycles. The fourth-order valence-corrected chi connectivity index (χ4v) is 7.01. The van der Waals surface area contributed by atoms with E-state index in [4.69, 9.17) is 37.3 Å². The second-order valence-electron chi connectivity index (χ2n) is 13.7. The summed E-state index contributed by atoms with van der Waals surface area (Å²) in [7, 11) is 0. The van der Waals surface area contributed by atoms with Crippen molar-refractivity contribution in [2.45, 2.75) is 58.0 Å². The van der Waals surface area contributed by atoms with Crippen LogP contribution in [0.5, 0.6) is 0 Å². The number of H-pyrrole nitrogens is 1. The van der Waals surface area contributed by atoms with Gasteiger partial charge in [0.05, 0.1) is 30.7 Å². The van der Waals surface area contributed by atoms with Crippen LogP contribution in [0.25, 0.3) is 16.7 Å². The number of carbonyl (C=O) groups is 4. The Bertz CT molecular complexity index is 2460. The second kappa shape index (κ2) is 19.0. The molecule has 2 aromatic carbocycles. The highest BCUT2D eigenvalue weighted by molar-refractivity contribution is 6.30. The van der Waals surface area contributed by atoms with E-state index in [9.17, 15) is 24.0 Å². The van der Waals surface area contributed by atoms with Crippen LogP contribution in [-0.2, 0) is 33.7 Å². The minimum absolute atomic E-state index is 0.0524. The number of aromatic amines is 1. The summed E-state index contributed by atoms with van der Waals surface area (Å²) in [6, 6.07) is 15.2. The molecule has 2 aliphatic rings. The number of rotatable bonds is 10. The Morgan fingerprint density at radius 2 is 1.73 bits per heavy atom. The van der Waals surface area contributed by atoms with Crippen molar-refractivity contribution in [1.82, 2.24) is 35.1 Å². The van der Waals surface area contributed by atoms with Gasteiger partial charge in [-0.25, -0.2) is 19.6 Å². The maximum atomic E-state index is 12.3. The van der Waals surface area contributed by atoms with Gasteiger partial charge in [-0.1, -0.05) is 29.3 Å². The highest BCUT2D eigenvalue weighted by atomic mass is 35.5. The largest absolute Gasteiger partial charge is 0.481 e. The molecular formula is C41H42ClN9O8. The van der Waals surface area contributed by atoms with Gasteiger partial charge in [-0.05, 0) is 98.2 Å². The average Bonchev–Trinajstić information content (AvgIpc) is 3.38. The minimum Gasteiger partial charge on any atom is -0.481 e. The molecule has 1 aliphatic heterocycles. The van der Waals surface area contributed by atoms with Gasteiger partial charge in [-0.3, -0.25) is 24.4 Å². The van der Waals surface area contributed by atoms with Crippen LogP contribution in [0.3, 0.4) is 0 Å². The van der Waals surface area contributed by atoms with Gasteiger partial charge >= 0.3 is 18.0 Å². The van der Waals surface area contributed by atoms with Crippen molar-refractivity contribution in [3.8, 4) is 0 Å². The molecule has 1 aliphatic carbocycles. The van der Waals surface area contributed by atoms with Crippen LogP contribution in [0.1, 0.15) is 71.0 Å². The number of likely N-dealkylation sites (tertiary alicyclic amines) is 1. The van der Waals surface area contributed by atoms with Gasteiger partial charge in [0.15, 0.2) is 11.2 Å². The standard InChI is InChI=1S/C22H23ClN2O2.C19H19N7O6/c1-2-27-22(26)25-12-9-15(10-13-25)20-19-8-7-18(23)14-17(19)6-5-16-4-3-11-24-21(16)20;20-19-25-15-14(17(30)26-19)23-11(8-22-15)7-21-10-3-1-9(2-4-10)16(29)24-12(18(31)32)5-6-13(27)28/h3-4,7-8,11,14H,2,5-6,9-10,12-13H2,1H3;1-4,8,12,21H,5-7H2,(H,24,29)(H,27,28)(H,31,32)(H3,20,22,25,26,30)/t;12-/m.0/s1. The summed E-state index contributed by atoms with van der Waals surface area (Å²) in [5.74, 6) is -3.16. The molecule has 0 unspecified atom stereocenters. The number of carbonyl (C=O) groups excluding carboxylic acids is 2. The number of aromatic nitrogens is 5. The fraction of sp³-hybridized carbons (Fsp3) is 0.293. The zero-order valence-corrected chi connectivity index (χ0v) is 32.8. The Kier molecular flexibility index (Phi) is 13.5. The number of anilines is 2. The predicted molar refractivity (Wildman–Crippen MR) is 219 cm³/mol. The molecule has 7 rings (SSSR count). The van der Waals surface area contributed by atoms with E-state index >= 15 is 0 Å². The first-order valence-corrected chi connectivity index (χ1v) is 19.3. The molecule has 0 spiro atoms. The third kappa shape index (κ3) is 10.6. The number of aryl methyl sites for hydroxylation is 2. The summed E-state index contributed by atoms with van der Waals surface area (Å²) in [4.78, 5) is 79.1. The molecule has 306 valence electrons. The first kappa shape index (κ1) is 41.7. The molecule has 5 aromatic rings.